The van der Waals surface area contributed by atoms with Crippen molar-refractivity contribution in [1.29, 1.82) is 0 Å². The third-order valence-electron chi connectivity index (χ3n) is 2.82. The second-order valence-electron chi connectivity index (χ2n) is 5.62. The van der Waals surface area contributed by atoms with Crippen LogP contribution >= 0.6 is 27.7 Å². The quantitative estimate of drug-likeness (QED) is 0.649. The minimum absolute atomic E-state index is 0.105. The first-order valence-electron chi connectivity index (χ1n) is 6.46. The lowest BCUT2D eigenvalue weighted by Crippen LogP contribution is -2.16. The summed E-state index contributed by atoms with van der Waals surface area (Å²) in [7, 11) is 0. The molecule has 0 amide bonds. The predicted molar refractivity (Wildman–Crippen MR) is 85.5 cm³/mol. The van der Waals surface area contributed by atoms with Crippen LogP contribution in [0.3, 0.4) is 0 Å². The van der Waals surface area contributed by atoms with E-state index in [1.807, 2.05) is 34.9 Å². The van der Waals surface area contributed by atoms with Gasteiger partial charge in [-0.1, -0.05) is 26.8 Å². The lowest BCUT2D eigenvalue weighted by atomic mass is 9.96. The Bertz CT molecular complexity index is 793. The van der Waals surface area contributed by atoms with E-state index in [0.717, 1.165) is 26.3 Å². The Morgan fingerprint density at radius 3 is 2.71 bits per heavy atom. The maximum Gasteiger partial charge on any atom is 0.201 e. The number of fused-ring (bicyclic) bond motifs is 1. The fourth-order valence-electron chi connectivity index (χ4n) is 1.77. The SMILES string of the molecule is CC(C)(C)c1nc(Br)cc(Sc2nnc3ccccn23)n1. The molecule has 0 saturated carbocycles. The Morgan fingerprint density at radius 2 is 1.95 bits per heavy atom. The summed E-state index contributed by atoms with van der Waals surface area (Å²) in [5.41, 5.74) is 0.718. The third-order valence-corrected chi connectivity index (χ3v) is 4.11. The van der Waals surface area contributed by atoms with Crippen molar-refractivity contribution in [2.45, 2.75) is 36.4 Å². The minimum atomic E-state index is -0.105. The van der Waals surface area contributed by atoms with Crippen molar-refractivity contribution in [2.75, 3.05) is 0 Å². The molecule has 0 atom stereocenters. The molecule has 0 bridgehead atoms. The molecule has 0 N–H and O–H groups in total. The van der Waals surface area contributed by atoms with E-state index >= 15 is 0 Å². The normalized spacial score (nSPS) is 12.0. The van der Waals surface area contributed by atoms with E-state index in [1.54, 1.807) is 0 Å². The van der Waals surface area contributed by atoms with Gasteiger partial charge in [0.05, 0.1) is 0 Å². The molecule has 0 spiro atoms. The van der Waals surface area contributed by atoms with Crippen molar-refractivity contribution in [3.63, 3.8) is 0 Å². The molecule has 3 aromatic heterocycles. The topological polar surface area (TPSA) is 56.0 Å². The zero-order valence-electron chi connectivity index (χ0n) is 11.9. The zero-order valence-corrected chi connectivity index (χ0v) is 14.3. The van der Waals surface area contributed by atoms with Gasteiger partial charge in [-0.05, 0) is 39.8 Å². The summed E-state index contributed by atoms with van der Waals surface area (Å²) >= 11 is 4.93. The molecule has 0 aliphatic carbocycles. The first-order valence-corrected chi connectivity index (χ1v) is 8.07. The van der Waals surface area contributed by atoms with Crippen LogP contribution in [0, 0.1) is 0 Å². The molecule has 0 radical (unpaired) electrons. The van der Waals surface area contributed by atoms with Gasteiger partial charge in [-0.2, -0.15) is 0 Å². The molecule has 21 heavy (non-hydrogen) atoms. The molecule has 0 aliphatic heterocycles. The van der Waals surface area contributed by atoms with Gasteiger partial charge in [-0.15, -0.1) is 10.2 Å². The lowest BCUT2D eigenvalue weighted by molar-refractivity contribution is 0.536. The number of pyridine rings is 1. The van der Waals surface area contributed by atoms with Crippen molar-refractivity contribution in [2.24, 2.45) is 0 Å². The maximum atomic E-state index is 4.63. The average Bonchev–Trinajstić information content (AvgIpc) is 2.81. The van der Waals surface area contributed by atoms with Gasteiger partial charge < -0.3 is 0 Å². The molecule has 0 saturated heterocycles. The Kier molecular flexibility index (Phi) is 3.71. The van der Waals surface area contributed by atoms with Crippen LogP contribution in [0.5, 0.6) is 0 Å². The molecule has 0 aromatic carbocycles. The van der Waals surface area contributed by atoms with Crippen LogP contribution in [0.15, 0.2) is 45.2 Å². The number of hydrogen-bond donors (Lipinski definition) is 0. The first kappa shape index (κ1) is 14.5. The van der Waals surface area contributed by atoms with Crippen LogP contribution < -0.4 is 0 Å². The number of halogens is 1. The smallest absolute Gasteiger partial charge is 0.201 e. The largest absolute Gasteiger partial charge is 0.277 e. The number of hydrogen-bond acceptors (Lipinski definition) is 5. The third kappa shape index (κ3) is 3.08. The van der Waals surface area contributed by atoms with Crippen LogP contribution in [0.4, 0.5) is 0 Å². The molecule has 5 nitrogen and oxygen atoms in total. The summed E-state index contributed by atoms with van der Waals surface area (Å²) < 4.78 is 2.72. The summed E-state index contributed by atoms with van der Waals surface area (Å²) in [5.74, 6) is 0.799. The molecule has 0 unspecified atom stereocenters. The summed E-state index contributed by atoms with van der Waals surface area (Å²) in [4.78, 5) is 9.07. The van der Waals surface area contributed by atoms with E-state index in [0.29, 0.717) is 0 Å². The van der Waals surface area contributed by atoms with Crippen LogP contribution in [-0.2, 0) is 5.41 Å². The zero-order chi connectivity index (χ0) is 15.0. The van der Waals surface area contributed by atoms with E-state index in [2.05, 4.69) is 56.9 Å². The fraction of sp³-hybridized carbons (Fsp3) is 0.286. The summed E-state index contributed by atoms with van der Waals surface area (Å²) in [6.07, 6.45) is 1.94. The first-order chi connectivity index (χ1) is 9.93. The Hall–Kier alpha value is -1.47. The monoisotopic (exact) mass is 363 g/mol. The van der Waals surface area contributed by atoms with Gasteiger partial charge in [0.1, 0.15) is 15.5 Å². The van der Waals surface area contributed by atoms with Crippen molar-refractivity contribution >= 4 is 33.3 Å². The van der Waals surface area contributed by atoms with E-state index in [9.17, 15) is 0 Å². The Morgan fingerprint density at radius 1 is 1.14 bits per heavy atom. The second-order valence-corrected chi connectivity index (χ2v) is 7.42. The molecule has 3 rings (SSSR count). The highest BCUT2D eigenvalue weighted by atomic mass is 79.9. The standard InChI is InChI=1S/C14H14BrN5S/c1-14(2,3)12-16-9(15)8-11(17-12)21-13-19-18-10-6-4-5-7-20(10)13/h4-8H,1-3H3. The number of aromatic nitrogens is 5. The molecule has 7 heteroatoms. The number of nitrogens with zero attached hydrogens (tertiary/aromatic N) is 5. The van der Waals surface area contributed by atoms with Gasteiger partial charge in [0.2, 0.25) is 5.16 Å². The molecule has 3 heterocycles. The van der Waals surface area contributed by atoms with Gasteiger partial charge >= 0.3 is 0 Å². The van der Waals surface area contributed by atoms with Gasteiger partial charge in [0, 0.05) is 17.7 Å². The van der Waals surface area contributed by atoms with E-state index in [4.69, 9.17) is 0 Å². The molecular formula is C14H14BrN5S. The molecule has 3 aromatic rings. The minimum Gasteiger partial charge on any atom is -0.277 e. The fourth-order valence-corrected chi connectivity index (χ4v) is 3.13. The van der Waals surface area contributed by atoms with Gasteiger partial charge in [-0.25, -0.2) is 9.97 Å². The second kappa shape index (κ2) is 5.38. The highest BCUT2D eigenvalue weighted by Gasteiger charge is 2.19. The molecule has 0 fully saturated rings. The van der Waals surface area contributed by atoms with Crippen LogP contribution in [0.1, 0.15) is 26.6 Å². The van der Waals surface area contributed by atoms with Crippen molar-refractivity contribution in [3.05, 3.63) is 40.9 Å². The average molecular weight is 364 g/mol. The Balaban J connectivity index is 2.00. The number of rotatable bonds is 2. The molecule has 108 valence electrons. The summed E-state index contributed by atoms with van der Waals surface area (Å²) in [5, 5.41) is 9.99. The predicted octanol–water partition coefficient (Wildman–Crippen LogP) is 3.73. The van der Waals surface area contributed by atoms with Crippen LogP contribution in [0.25, 0.3) is 5.65 Å². The van der Waals surface area contributed by atoms with E-state index in [-0.39, 0.29) is 5.41 Å². The maximum absolute atomic E-state index is 4.63. The van der Waals surface area contributed by atoms with Crippen molar-refractivity contribution < 1.29 is 0 Å². The van der Waals surface area contributed by atoms with Gasteiger partial charge in [0.15, 0.2) is 5.65 Å². The highest BCUT2D eigenvalue weighted by molar-refractivity contribution is 9.10. The molecular weight excluding hydrogens is 350 g/mol. The van der Waals surface area contributed by atoms with Gasteiger partial charge in [0.25, 0.3) is 0 Å². The van der Waals surface area contributed by atoms with E-state index in [1.165, 1.54) is 11.8 Å². The van der Waals surface area contributed by atoms with Crippen LogP contribution in [0.2, 0.25) is 0 Å². The van der Waals surface area contributed by atoms with E-state index < -0.39 is 0 Å². The van der Waals surface area contributed by atoms with Crippen LogP contribution in [-0.4, -0.2) is 24.6 Å². The lowest BCUT2D eigenvalue weighted by Gasteiger charge is -2.17. The van der Waals surface area contributed by atoms with Gasteiger partial charge in [-0.3, -0.25) is 4.40 Å². The Labute approximate surface area is 135 Å². The summed E-state index contributed by atoms with van der Waals surface area (Å²) in [6.45, 7) is 6.28. The van der Waals surface area contributed by atoms with Crippen molar-refractivity contribution in [1.82, 2.24) is 24.6 Å². The molecule has 0 aliphatic rings. The summed E-state index contributed by atoms with van der Waals surface area (Å²) in [6, 6.07) is 7.71. The van der Waals surface area contributed by atoms with Crippen molar-refractivity contribution in [3.8, 4) is 0 Å². The highest BCUT2D eigenvalue weighted by Crippen LogP contribution is 2.29.